The van der Waals surface area contributed by atoms with Crippen molar-refractivity contribution in [3.63, 3.8) is 0 Å². The summed E-state index contributed by atoms with van der Waals surface area (Å²) < 4.78 is 32.6. The number of alkyl halides is 1. The number of carbonyl (C=O) groups excluding carboxylic acids is 1. The fourth-order valence-electron chi connectivity index (χ4n) is 3.51. The number of hydrogen-bond acceptors (Lipinski definition) is 5. The lowest BCUT2D eigenvalue weighted by atomic mass is 10.2. The van der Waals surface area contributed by atoms with Crippen LogP contribution in [0.2, 0.25) is 0 Å². The summed E-state index contributed by atoms with van der Waals surface area (Å²) in [6.45, 7) is 7.51. The largest absolute Gasteiger partial charge is 0.442 e. The molecule has 1 amide bonds. The number of rotatable bonds is 7. The molecule has 1 atom stereocenters. The summed E-state index contributed by atoms with van der Waals surface area (Å²) in [4.78, 5) is 18.4. The molecular weight excluding hydrogens is 398 g/mol. The van der Waals surface area contributed by atoms with Gasteiger partial charge in [-0.1, -0.05) is 26.1 Å². The van der Waals surface area contributed by atoms with E-state index in [1.807, 2.05) is 23.6 Å². The number of piperazine rings is 1. The number of nitrogens with zero attached hydrogens (tertiary/aromatic N) is 3. The van der Waals surface area contributed by atoms with Gasteiger partial charge in [0, 0.05) is 38.6 Å². The lowest BCUT2D eigenvalue weighted by Crippen LogP contribution is -2.47. The monoisotopic (exact) mass is 426 g/mol. The average Bonchev–Trinajstić information content (AvgIpc) is 3.07. The molecule has 0 saturated carbocycles. The molecule has 0 aromatic heterocycles. The number of hydrogen-bond donors (Lipinski definition) is 1. The average molecular weight is 427 g/mol. The summed E-state index contributed by atoms with van der Waals surface area (Å²) in [5.41, 5.74) is 0.975. The van der Waals surface area contributed by atoms with E-state index < -0.39 is 6.09 Å². The summed E-state index contributed by atoms with van der Waals surface area (Å²) in [7, 11) is 0. The fourth-order valence-corrected chi connectivity index (χ4v) is 3.59. The number of anilines is 2. The first-order valence-electron chi connectivity index (χ1n) is 9.97. The van der Waals surface area contributed by atoms with Crippen LogP contribution >= 0.6 is 12.2 Å². The molecule has 0 spiro atoms. The second-order valence-electron chi connectivity index (χ2n) is 7.67. The lowest BCUT2D eigenvalue weighted by Gasteiger charge is -2.35. The predicted molar refractivity (Wildman–Crippen MR) is 114 cm³/mol. The standard InChI is InChI=1S/C20H28F2N4O2S/c1-14(2)19(29)23-12-16-13-26(20(27)28-16)15-3-4-18(17(22)11-15)25-9-7-24(6-5-21)8-10-25/h3-4,11,14,16H,5-10,12-13H2,1-2H3,(H,23,29)/t16-/m0/s1. The molecule has 6 nitrogen and oxygen atoms in total. The zero-order valence-electron chi connectivity index (χ0n) is 16.9. The van der Waals surface area contributed by atoms with Gasteiger partial charge in [-0.2, -0.15) is 0 Å². The van der Waals surface area contributed by atoms with Gasteiger partial charge in [-0.15, -0.1) is 0 Å². The van der Waals surface area contributed by atoms with Gasteiger partial charge in [0.25, 0.3) is 0 Å². The smallest absolute Gasteiger partial charge is 0.414 e. The van der Waals surface area contributed by atoms with Crippen molar-refractivity contribution >= 4 is 34.7 Å². The summed E-state index contributed by atoms with van der Waals surface area (Å²) in [6, 6.07) is 4.81. The lowest BCUT2D eigenvalue weighted by molar-refractivity contribution is 0.143. The Morgan fingerprint density at radius 2 is 2.03 bits per heavy atom. The molecule has 2 heterocycles. The van der Waals surface area contributed by atoms with Gasteiger partial charge in [0.05, 0.1) is 29.5 Å². The highest BCUT2D eigenvalue weighted by atomic mass is 32.1. The van der Waals surface area contributed by atoms with Crippen LogP contribution in [0.15, 0.2) is 18.2 Å². The normalized spacial score (nSPS) is 20.3. The van der Waals surface area contributed by atoms with Crippen molar-refractivity contribution in [2.24, 2.45) is 5.92 Å². The number of carbonyl (C=O) groups is 1. The number of thiocarbonyl (C=S) groups is 1. The molecule has 2 fully saturated rings. The fraction of sp³-hybridized carbons (Fsp3) is 0.600. The Kier molecular flexibility index (Phi) is 7.23. The predicted octanol–water partition coefficient (Wildman–Crippen LogP) is 2.82. The van der Waals surface area contributed by atoms with Gasteiger partial charge >= 0.3 is 6.09 Å². The molecule has 1 aromatic carbocycles. The van der Waals surface area contributed by atoms with Gasteiger partial charge in [-0.25, -0.2) is 13.6 Å². The highest BCUT2D eigenvalue weighted by Crippen LogP contribution is 2.28. The molecule has 1 N–H and O–H groups in total. The van der Waals surface area contributed by atoms with Gasteiger partial charge in [0.1, 0.15) is 18.6 Å². The van der Waals surface area contributed by atoms with E-state index in [1.165, 1.54) is 11.0 Å². The van der Waals surface area contributed by atoms with Crippen LogP contribution < -0.4 is 15.1 Å². The summed E-state index contributed by atoms with van der Waals surface area (Å²) in [5.74, 6) is -0.157. The molecule has 0 unspecified atom stereocenters. The molecule has 0 radical (unpaired) electrons. The van der Waals surface area contributed by atoms with E-state index in [0.717, 1.165) is 4.99 Å². The second kappa shape index (κ2) is 9.67. The number of cyclic esters (lactones) is 1. The highest BCUT2D eigenvalue weighted by molar-refractivity contribution is 7.80. The van der Waals surface area contributed by atoms with Crippen molar-refractivity contribution in [3.8, 4) is 0 Å². The van der Waals surface area contributed by atoms with Crippen LogP contribution in [0.5, 0.6) is 0 Å². The molecule has 0 aliphatic carbocycles. The van der Waals surface area contributed by atoms with Crippen LogP contribution in [0, 0.1) is 11.7 Å². The van der Waals surface area contributed by atoms with Crippen molar-refractivity contribution in [3.05, 3.63) is 24.0 Å². The SMILES string of the molecule is CC(C)C(=S)NC[C@H]1CN(c2ccc(N3CCN(CCF)CC3)c(F)c2)C(=O)O1. The summed E-state index contributed by atoms with van der Waals surface area (Å²) in [5, 5.41) is 3.11. The molecule has 2 saturated heterocycles. The highest BCUT2D eigenvalue weighted by Gasteiger charge is 2.33. The van der Waals surface area contributed by atoms with Crippen LogP contribution in [-0.2, 0) is 4.74 Å². The van der Waals surface area contributed by atoms with Crippen LogP contribution in [0.25, 0.3) is 0 Å². The third kappa shape index (κ3) is 5.33. The molecule has 2 aliphatic rings. The first-order chi connectivity index (χ1) is 13.9. The summed E-state index contributed by atoms with van der Waals surface area (Å²) in [6.07, 6.45) is -0.829. The van der Waals surface area contributed by atoms with Crippen LogP contribution in [0.3, 0.4) is 0 Å². The maximum absolute atomic E-state index is 14.8. The summed E-state index contributed by atoms with van der Waals surface area (Å²) >= 11 is 5.24. The number of benzene rings is 1. The minimum Gasteiger partial charge on any atom is -0.442 e. The number of halogens is 2. The Morgan fingerprint density at radius 3 is 2.66 bits per heavy atom. The molecular formula is C20H28F2N4O2S. The van der Waals surface area contributed by atoms with Crippen molar-refractivity contribution in [2.45, 2.75) is 20.0 Å². The van der Waals surface area contributed by atoms with Gasteiger partial charge < -0.3 is 15.0 Å². The topological polar surface area (TPSA) is 48.0 Å². The third-order valence-corrected chi connectivity index (χ3v) is 5.87. The Labute approximate surface area is 175 Å². The van der Waals surface area contributed by atoms with Crippen molar-refractivity contribution in [1.82, 2.24) is 10.2 Å². The van der Waals surface area contributed by atoms with Crippen LogP contribution in [0.4, 0.5) is 25.0 Å². The van der Waals surface area contributed by atoms with Gasteiger partial charge in [-0.3, -0.25) is 9.80 Å². The van der Waals surface area contributed by atoms with E-state index in [2.05, 4.69) is 5.32 Å². The number of ether oxygens (including phenoxy) is 1. The minimum atomic E-state index is -0.487. The van der Waals surface area contributed by atoms with Crippen molar-refractivity contribution < 1.29 is 18.3 Å². The first-order valence-corrected chi connectivity index (χ1v) is 10.4. The molecule has 3 rings (SSSR count). The van der Waals surface area contributed by atoms with E-state index in [4.69, 9.17) is 17.0 Å². The maximum atomic E-state index is 14.8. The van der Waals surface area contributed by atoms with Gasteiger partial charge in [-0.05, 0) is 18.2 Å². The minimum absolute atomic E-state index is 0.221. The van der Waals surface area contributed by atoms with Crippen LogP contribution in [-0.4, -0.2) is 74.6 Å². The number of nitrogens with one attached hydrogen (secondary N) is 1. The van der Waals surface area contributed by atoms with E-state index in [1.54, 1.807) is 12.1 Å². The Balaban J connectivity index is 1.60. The Morgan fingerprint density at radius 1 is 1.31 bits per heavy atom. The Hall–Kier alpha value is -2.00. The third-order valence-electron chi connectivity index (χ3n) is 5.26. The zero-order chi connectivity index (χ0) is 21.0. The van der Waals surface area contributed by atoms with E-state index in [9.17, 15) is 13.6 Å². The molecule has 2 aliphatic heterocycles. The molecule has 9 heteroatoms. The molecule has 1 aromatic rings. The zero-order valence-corrected chi connectivity index (χ0v) is 17.7. The van der Waals surface area contributed by atoms with Crippen molar-refractivity contribution in [2.75, 3.05) is 62.3 Å². The number of amides is 1. The van der Waals surface area contributed by atoms with Crippen LogP contribution in [0.1, 0.15) is 13.8 Å². The Bertz CT molecular complexity index is 741. The molecule has 160 valence electrons. The van der Waals surface area contributed by atoms with Gasteiger partial charge in [0.15, 0.2) is 0 Å². The second-order valence-corrected chi connectivity index (χ2v) is 8.11. The van der Waals surface area contributed by atoms with E-state index >= 15 is 0 Å². The van der Waals surface area contributed by atoms with Crippen molar-refractivity contribution in [1.29, 1.82) is 0 Å². The first kappa shape index (κ1) is 21.7. The molecule has 29 heavy (non-hydrogen) atoms. The van der Waals surface area contributed by atoms with Gasteiger partial charge in [0.2, 0.25) is 0 Å². The maximum Gasteiger partial charge on any atom is 0.414 e. The van der Waals surface area contributed by atoms with E-state index in [-0.39, 0.29) is 24.5 Å². The molecule has 0 bridgehead atoms. The quantitative estimate of drug-likeness (QED) is 0.677. The van der Waals surface area contributed by atoms with E-state index in [0.29, 0.717) is 57.2 Å².